The summed E-state index contributed by atoms with van der Waals surface area (Å²) in [6, 6.07) is 6.97. The van der Waals surface area contributed by atoms with Crippen molar-refractivity contribution >= 4 is 28.9 Å². The van der Waals surface area contributed by atoms with E-state index in [0.29, 0.717) is 11.6 Å². The van der Waals surface area contributed by atoms with Crippen molar-refractivity contribution in [2.75, 3.05) is 6.54 Å². The van der Waals surface area contributed by atoms with Crippen molar-refractivity contribution in [1.82, 2.24) is 4.90 Å². The van der Waals surface area contributed by atoms with Crippen molar-refractivity contribution in [3.8, 4) is 0 Å². The number of carboxylic acids is 1. The van der Waals surface area contributed by atoms with Crippen molar-refractivity contribution in [2.24, 2.45) is 0 Å². The summed E-state index contributed by atoms with van der Waals surface area (Å²) in [4.78, 5) is 15.1. The van der Waals surface area contributed by atoms with E-state index in [1.165, 1.54) is 10.4 Å². The van der Waals surface area contributed by atoms with Gasteiger partial charge >= 0.3 is 5.97 Å². The second-order valence-corrected chi connectivity index (χ2v) is 6.75. The van der Waals surface area contributed by atoms with Crippen LogP contribution in [0.2, 0.25) is 5.02 Å². The fourth-order valence-electron chi connectivity index (χ4n) is 2.78. The number of nitrogens with zero attached hydrogens (tertiary/aromatic N) is 1. The van der Waals surface area contributed by atoms with Gasteiger partial charge in [0.25, 0.3) is 0 Å². The maximum atomic E-state index is 11.8. The average Bonchev–Trinajstić information content (AvgIpc) is 2.90. The normalized spacial score (nSPS) is 16.5. The number of thiophene rings is 1. The molecule has 0 aliphatic carbocycles. The molecule has 1 aliphatic heterocycles. The minimum atomic E-state index is -0.825. The van der Waals surface area contributed by atoms with Crippen LogP contribution in [-0.4, -0.2) is 22.5 Å². The maximum absolute atomic E-state index is 11.8. The topological polar surface area (TPSA) is 40.5 Å². The zero-order chi connectivity index (χ0) is 15.0. The number of carbonyl (C=O) groups is 1. The third-order valence-corrected chi connectivity index (χ3v) is 5.38. The fraction of sp³-hybridized carbons (Fsp3) is 0.312. The van der Waals surface area contributed by atoms with E-state index >= 15 is 0 Å². The number of rotatable bonds is 3. The molecule has 0 bridgehead atoms. The highest BCUT2D eigenvalue weighted by molar-refractivity contribution is 7.10. The Balaban J connectivity index is 1.92. The number of hydrogen-bond donors (Lipinski definition) is 1. The van der Waals surface area contributed by atoms with E-state index in [4.69, 9.17) is 11.6 Å². The molecule has 1 N–H and O–H groups in total. The van der Waals surface area contributed by atoms with Gasteiger partial charge in [-0.2, -0.15) is 0 Å². The molecule has 3 nitrogen and oxygen atoms in total. The molecule has 0 saturated carbocycles. The number of halogens is 1. The van der Waals surface area contributed by atoms with E-state index in [1.807, 2.05) is 24.0 Å². The van der Waals surface area contributed by atoms with Crippen molar-refractivity contribution in [2.45, 2.75) is 25.9 Å². The first-order chi connectivity index (χ1) is 10.1. The Hall–Kier alpha value is -1.36. The number of carboxylic acid groups (broad SMARTS) is 1. The van der Waals surface area contributed by atoms with Gasteiger partial charge in [0.15, 0.2) is 0 Å². The number of hydrogen-bond acceptors (Lipinski definition) is 3. The van der Waals surface area contributed by atoms with Gasteiger partial charge in [0.2, 0.25) is 0 Å². The van der Waals surface area contributed by atoms with Gasteiger partial charge in [-0.05, 0) is 47.5 Å². The molecule has 2 aromatic rings. The molecule has 2 heterocycles. The van der Waals surface area contributed by atoms with E-state index in [-0.39, 0.29) is 0 Å². The van der Waals surface area contributed by atoms with Gasteiger partial charge in [-0.25, -0.2) is 0 Å². The Morgan fingerprint density at radius 1 is 1.43 bits per heavy atom. The molecule has 0 fully saturated rings. The Morgan fingerprint density at radius 2 is 2.24 bits per heavy atom. The lowest BCUT2D eigenvalue weighted by Gasteiger charge is -2.32. The molecule has 110 valence electrons. The van der Waals surface area contributed by atoms with Crippen LogP contribution in [0.15, 0.2) is 29.6 Å². The smallest absolute Gasteiger partial charge is 0.325 e. The van der Waals surface area contributed by atoms with Crippen LogP contribution < -0.4 is 0 Å². The quantitative estimate of drug-likeness (QED) is 0.932. The highest BCUT2D eigenvalue weighted by Gasteiger charge is 2.30. The summed E-state index contributed by atoms with van der Waals surface area (Å²) in [5.41, 5.74) is 2.95. The lowest BCUT2D eigenvalue weighted by atomic mass is 10.0. The zero-order valence-corrected chi connectivity index (χ0v) is 13.2. The van der Waals surface area contributed by atoms with Gasteiger partial charge in [0, 0.05) is 23.0 Å². The summed E-state index contributed by atoms with van der Waals surface area (Å²) in [5.74, 6) is -0.825. The van der Waals surface area contributed by atoms with Crippen LogP contribution in [-0.2, 0) is 17.8 Å². The van der Waals surface area contributed by atoms with Gasteiger partial charge < -0.3 is 5.11 Å². The molecule has 1 aromatic carbocycles. The van der Waals surface area contributed by atoms with Gasteiger partial charge in [-0.1, -0.05) is 23.7 Å². The van der Waals surface area contributed by atoms with Crippen molar-refractivity contribution in [1.29, 1.82) is 0 Å². The molecular formula is C16H16ClNO2S. The number of aliphatic carboxylic acids is 1. The summed E-state index contributed by atoms with van der Waals surface area (Å²) in [6.45, 7) is 3.36. The van der Waals surface area contributed by atoms with E-state index in [9.17, 15) is 9.90 Å². The minimum Gasteiger partial charge on any atom is -0.480 e. The van der Waals surface area contributed by atoms with Gasteiger partial charge in [-0.3, -0.25) is 9.69 Å². The Labute approximate surface area is 132 Å². The maximum Gasteiger partial charge on any atom is 0.325 e. The number of fused-ring (bicyclic) bond motifs is 1. The lowest BCUT2D eigenvalue weighted by Crippen LogP contribution is -2.37. The van der Waals surface area contributed by atoms with Crippen molar-refractivity contribution < 1.29 is 9.90 Å². The first kappa shape index (κ1) is 14.6. The van der Waals surface area contributed by atoms with E-state index in [2.05, 4.69) is 11.4 Å². The van der Waals surface area contributed by atoms with E-state index in [1.54, 1.807) is 17.4 Å². The second kappa shape index (κ2) is 5.79. The highest BCUT2D eigenvalue weighted by atomic mass is 35.5. The predicted octanol–water partition coefficient (Wildman–Crippen LogP) is 3.89. The van der Waals surface area contributed by atoms with Crippen LogP contribution in [0.25, 0.3) is 0 Å². The molecule has 1 aliphatic rings. The molecule has 0 spiro atoms. The van der Waals surface area contributed by atoms with Crippen LogP contribution in [0.1, 0.15) is 27.6 Å². The number of benzene rings is 1. The van der Waals surface area contributed by atoms with Crippen molar-refractivity contribution in [3.63, 3.8) is 0 Å². The van der Waals surface area contributed by atoms with Crippen LogP contribution in [0.4, 0.5) is 0 Å². The summed E-state index contributed by atoms with van der Waals surface area (Å²) in [5, 5.41) is 12.3. The third kappa shape index (κ3) is 2.84. The molecular weight excluding hydrogens is 306 g/mol. The average molecular weight is 322 g/mol. The Morgan fingerprint density at radius 3 is 2.95 bits per heavy atom. The fourth-order valence-corrected chi connectivity index (χ4v) is 3.86. The Bertz CT molecular complexity index is 683. The lowest BCUT2D eigenvalue weighted by molar-refractivity contribution is -0.144. The van der Waals surface area contributed by atoms with Gasteiger partial charge in [0.1, 0.15) is 6.04 Å². The van der Waals surface area contributed by atoms with Crippen LogP contribution >= 0.6 is 22.9 Å². The Kier molecular flexibility index (Phi) is 4.02. The second-order valence-electron chi connectivity index (χ2n) is 5.34. The largest absolute Gasteiger partial charge is 0.480 e. The van der Waals surface area contributed by atoms with E-state index < -0.39 is 12.0 Å². The zero-order valence-electron chi connectivity index (χ0n) is 11.7. The monoisotopic (exact) mass is 321 g/mol. The molecule has 1 unspecified atom stereocenters. The summed E-state index contributed by atoms with van der Waals surface area (Å²) in [6.07, 6.45) is 0.913. The molecule has 21 heavy (non-hydrogen) atoms. The standard InChI is InChI=1S/C16H16ClNO2S/c1-10-2-3-11(8-13(10)17)15(16(19)20)18-6-4-14-12(9-18)5-7-21-14/h2-3,5,7-8,15H,4,6,9H2,1H3,(H,19,20). The molecule has 1 atom stereocenters. The molecule has 3 rings (SSSR count). The van der Waals surface area contributed by atoms with Gasteiger partial charge in [0.05, 0.1) is 0 Å². The summed E-state index contributed by atoms with van der Waals surface area (Å²) >= 11 is 7.91. The highest BCUT2D eigenvalue weighted by Crippen LogP contribution is 2.32. The van der Waals surface area contributed by atoms with Crippen LogP contribution in [0.3, 0.4) is 0 Å². The van der Waals surface area contributed by atoms with Crippen LogP contribution in [0, 0.1) is 6.92 Å². The molecule has 0 radical (unpaired) electrons. The SMILES string of the molecule is Cc1ccc(C(C(=O)O)N2CCc3sccc3C2)cc1Cl. The first-order valence-corrected chi connectivity index (χ1v) is 8.10. The third-order valence-electron chi connectivity index (χ3n) is 3.95. The van der Waals surface area contributed by atoms with Gasteiger partial charge in [-0.15, -0.1) is 11.3 Å². The molecule has 0 amide bonds. The molecule has 5 heteroatoms. The first-order valence-electron chi connectivity index (χ1n) is 6.84. The minimum absolute atomic E-state index is 0.618. The number of aryl methyl sites for hydroxylation is 1. The molecule has 0 saturated heterocycles. The molecule has 1 aromatic heterocycles. The van der Waals surface area contributed by atoms with E-state index in [0.717, 1.165) is 24.1 Å². The van der Waals surface area contributed by atoms with Crippen molar-refractivity contribution in [3.05, 3.63) is 56.2 Å². The predicted molar refractivity (Wildman–Crippen MR) is 85.0 cm³/mol. The summed E-state index contributed by atoms with van der Waals surface area (Å²) in [7, 11) is 0. The summed E-state index contributed by atoms with van der Waals surface area (Å²) < 4.78 is 0. The van der Waals surface area contributed by atoms with Crippen LogP contribution in [0.5, 0.6) is 0 Å².